The summed E-state index contributed by atoms with van der Waals surface area (Å²) in [6, 6.07) is 10.5. The van der Waals surface area contributed by atoms with Crippen molar-refractivity contribution in [1.29, 1.82) is 0 Å². The van der Waals surface area contributed by atoms with Gasteiger partial charge in [-0.25, -0.2) is 4.79 Å². The molecule has 6 heteroatoms. The topological polar surface area (TPSA) is 68.5 Å². The van der Waals surface area contributed by atoms with Gasteiger partial charge in [0, 0.05) is 18.4 Å². The average molecular weight is 322 g/mol. The summed E-state index contributed by atoms with van der Waals surface area (Å²) in [4.78, 5) is 22.6. The SMILES string of the molecule is CC(=O)NCc1ccc(C(=O)OCCc2cccc(Cl)c2)o1. The van der Waals surface area contributed by atoms with Crippen molar-refractivity contribution < 1.29 is 18.7 Å². The summed E-state index contributed by atoms with van der Waals surface area (Å²) in [6.07, 6.45) is 0.575. The first-order valence-electron chi connectivity index (χ1n) is 6.79. The second-order valence-corrected chi connectivity index (χ2v) is 5.13. The van der Waals surface area contributed by atoms with Gasteiger partial charge >= 0.3 is 5.97 Å². The minimum Gasteiger partial charge on any atom is -0.459 e. The fourth-order valence-electron chi connectivity index (χ4n) is 1.82. The van der Waals surface area contributed by atoms with E-state index in [1.165, 1.54) is 13.0 Å². The van der Waals surface area contributed by atoms with Crippen LogP contribution in [0.5, 0.6) is 0 Å². The predicted octanol–water partition coefficient (Wildman–Crippen LogP) is 2.97. The summed E-state index contributed by atoms with van der Waals surface area (Å²) in [6.45, 7) is 1.89. The molecule has 5 nitrogen and oxygen atoms in total. The van der Waals surface area contributed by atoms with Crippen LogP contribution >= 0.6 is 11.6 Å². The van der Waals surface area contributed by atoms with E-state index in [1.54, 1.807) is 12.1 Å². The molecule has 116 valence electrons. The Morgan fingerprint density at radius 3 is 2.82 bits per heavy atom. The number of benzene rings is 1. The predicted molar refractivity (Wildman–Crippen MR) is 81.7 cm³/mol. The van der Waals surface area contributed by atoms with E-state index in [9.17, 15) is 9.59 Å². The first-order chi connectivity index (χ1) is 10.5. The molecular formula is C16H16ClNO4. The molecule has 0 atom stereocenters. The van der Waals surface area contributed by atoms with Gasteiger partial charge in [0.1, 0.15) is 5.76 Å². The molecule has 0 saturated heterocycles. The summed E-state index contributed by atoms with van der Waals surface area (Å²) in [5.41, 5.74) is 0.992. The first kappa shape index (κ1) is 16.1. The van der Waals surface area contributed by atoms with E-state index >= 15 is 0 Å². The number of nitrogens with one attached hydrogen (secondary N) is 1. The van der Waals surface area contributed by atoms with Crippen LogP contribution < -0.4 is 5.32 Å². The summed E-state index contributed by atoms with van der Waals surface area (Å²) in [5, 5.41) is 3.24. The van der Waals surface area contributed by atoms with Gasteiger partial charge in [-0.05, 0) is 29.8 Å². The van der Waals surface area contributed by atoms with E-state index in [-0.39, 0.29) is 24.8 Å². The van der Waals surface area contributed by atoms with Crippen molar-refractivity contribution in [2.75, 3.05) is 6.61 Å². The Morgan fingerprint density at radius 1 is 1.27 bits per heavy atom. The Labute approximate surface area is 133 Å². The molecule has 2 rings (SSSR count). The Kier molecular flexibility index (Phi) is 5.61. The molecule has 0 aliphatic heterocycles. The molecule has 0 radical (unpaired) electrons. The Morgan fingerprint density at radius 2 is 2.09 bits per heavy atom. The molecular weight excluding hydrogens is 306 g/mol. The molecule has 0 aliphatic rings. The number of amides is 1. The van der Waals surface area contributed by atoms with E-state index in [0.717, 1.165) is 5.56 Å². The zero-order chi connectivity index (χ0) is 15.9. The van der Waals surface area contributed by atoms with E-state index in [0.29, 0.717) is 17.2 Å². The molecule has 1 amide bonds. The number of esters is 1. The van der Waals surface area contributed by atoms with Crippen molar-refractivity contribution in [1.82, 2.24) is 5.32 Å². The van der Waals surface area contributed by atoms with Crippen LogP contribution in [0.4, 0.5) is 0 Å². The lowest BCUT2D eigenvalue weighted by atomic mass is 10.2. The minimum absolute atomic E-state index is 0.117. The smallest absolute Gasteiger partial charge is 0.374 e. The summed E-state index contributed by atoms with van der Waals surface area (Å²) >= 11 is 5.88. The van der Waals surface area contributed by atoms with Crippen LogP contribution in [-0.4, -0.2) is 18.5 Å². The van der Waals surface area contributed by atoms with E-state index in [2.05, 4.69) is 5.32 Å². The lowest BCUT2D eigenvalue weighted by molar-refractivity contribution is -0.119. The third-order valence-corrected chi connectivity index (χ3v) is 3.12. The van der Waals surface area contributed by atoms with Crippen LogP contribution in [-0.2, 0) is 22.5 Å². The molecule has 2 aromatic rings. The number of ether oxygens (including phenoxy) is 1. The molecule has 0 unspecified atom stereocenters. The maximum absolute atomic E-state index is 11.8. The number of carbonyl (C=O) groups excluding carboxylic acids is 2. The summed E-state index contributed by atoms with van der Waals surface area (Å²) < 4.78 is 10.5. The van der Waals surface area contributed by atoms with E-state index in [1.807, 2.05) is 18.2 Å². The van der Waals surface area contributed by atoms with Gasteiger partial charge in [-0.2, -0.15) is 0 Å². The fourth-order valence-corrected chi connectivity index (χ4v) is 2.03. The molecule has 1 heterocycles. The molecule has 22 heavy (non-hydrogen) atoms. The molecule has 0 fully saturated rings. The maximum Gasteiger partial charge on any atom is 0.374 e. The number of carbonyl (C=O) groups is 2. The molecule has 1 N–H and O–H groups in total. The fraction of sp³-hybridized carbons (Fsp3) is 0.250. The third kappa shape index (κ3) is 4.93. The zero-order valence-corrected chi connectivity index (χ0v) is 12.9. The second-order valence-electron chi connectivity index (χ2n) is 4.69. The van der Waals surface area contributed by atoms with Gasteiger partial charge in [-0.3, -0.25) is 4.79 Å². The van der Waals surface area contributed by atoms with Crippen molar-refractivity contribution in [2.45, 2.75) is 19.9 Å². The highest BCUT2D eigenvalue weighted by atomic mass is 35.5. The van der Waals surface area contributed by atoms with Gasteiger partial charge in [-0.15, -0.1) is 0 Å². The lowest BCUT2D eigenvalue weighted by Crippen LogP contribution is -2.18. The van der Waals surface area contributed by atoms with Crippen LogP contribution in [0.25, 0.3) is 0 Å². The Balaban J connectivity index is 1.81. The number of rotatable bonds is 6. The molecule has 0 saturated carbocycles. The van der Waals surface area contributed by atoms with Gasteiger partial charge in [0.25, 0.3) is 0 Å². The average Bonchev–Trinajstić information content (AvgIpc) is 2.94. The van der Waals surface area contributed by atoms with Gasteiger partial charge in [0.2, 0.25) is 11.7 Å². The van der Waals surface area contributed by atoms with Crippen molar-refractivity contribution in [3.63, 3.8) is 0 Å². The standard InChI is InChI=1S/C16H16ClNO4/c1-11(19)18-10-14-5-6-15(22-14)16(20)21-8-7-12-3-2-4-13(17)9-12/h2-6,9H,7-8,10H2,1H3,(H,18,19). The van der Waals surface area contributed by atoms with Crippen LogP contribution in [0, 0.1) is 0 Å². The molecule has 0 aliphatic carbocycles. The van der Waals surface area contributed by atoms with Crippen LogP contribution in [0.3, 0.4) is 0 Å². The number of hydrogen-bond donors (Lipinski definition) is 1. The zero-order valence-electron chi connectivity index (χ0n) is 12.1. The normalized spacial score (nSPS) is 10.3. The first-order valence-corrected chi connectivity index (χ1v) is 7.17. The number of furan rings is 1. The maximum atomic E-state index is 11.8. The highest BCUT2D eigenvalue weighted by Crippen LogP contribution is 2.12. The monoisotopic (exact) mass is 321 g/mol. The van der Waals surface area contributed by atoms with Gasteiger partial charge in [0.05, 0.1) is 13.2 Å². The van der Waals surface area contributed by atoms with E-state index < -0.39 is 5.97 Å². The number of hydrogen-bond acceptors (Lipinski definition) is 4. The van der Waals surface area contributed by atoms with E-state index in [4.69, 9.17) is 20.8 Å². The number of halogens is 1. The summed E-state index contributed by atoms with van der Waals surface area (Å²) in [7, 11) is 0. The second kappa shape index (κ2) is 7.66. The lowest BCUT2D eigenvalue weighted by Gasteiger charge is -2.04. The Hall–Kier alpha value is -2.27. The summed E-state index contributed by atoms with van der Waals surface area (Å²) in [5.74, 6) is -0.0819. The van der Waals surface area contributed by atoms with Crippen molar-refractivity contribution in [3.8, 4) is 0 Å². The Bertz CT molecular complexity index is 666. The van der Waals surface area contributed by atoms with Gasteiger partial charge in [-0.1, -0.05) is 23.7 Å². The molecule has 0 bridgehead atoms. The minimum atomic E-state index is -0.531. The van der Waals surface area contributed by atoms with Gasteiger partial charge < -0.3 is 14.5 Å². The molecule has 0 spiro atoms. The van der Waals surface area contributed by atoms with Crippen molar-refractivity contribution in [3.05, 3.63) is 58.5 Å². The molecule has 1 aromatic carbocycles. The third-order valence-electron chi connectivity index (χ3n) is 2.89. The van der Waals surface area contributed by atoms with Crippen molar-refractivity contribution in [2.24, 2.45) is 0 Å². The largest absolute Gasteiger partial charge is 0.459 e. The molecule has 1 aromatic heterocycles. The highest BCUT2D eigenvalue weighted by molar-refractivity contribution is 6.30. The van der Waals surface area contributed by atoms with Gasteiger partial charge in [0.15, 0.2) is 0 Å². The van der Waals surface area contributed by atoms with Crippen LogP contribution in [0.2, 0.25) is 5.02 Å². The van der Waals surface area contributed by atoms with Crippen molar-refractivity contribution >= 4 is 23.5 Å². The quantitative estimate of drug-likeness (QED) is 0.830. The highest BCUT2D eigenvalue weighted by Gasteiger charge is 2.12. The van der Waals surface area contributed by atoms with Crippen LogP contribution in [0.1, 0.15) is 28.8 Å². The van der Waals surface area contributed by atoms with Crippen LogP contribution in [0.15, 0.2) is 40.8 Å².